The molecule has 0 bridgehead atoms. The van der Waals surface area contributed by atoms with Crippen molar-refractivity contribution in [1.29, 1.82) is 0 Å². The van der Waals surface area contributed by atoms with E-state index in [1.165, 1.54) is 0 Å². The van der Waals surface area contributed by atoms with E-state index in [4.69, 9.17) is 21.2 Å². The van der Waals surface area contributed by atoms with Crippen LogP contribution in [0.15, 0.2) is 78.9 Å². The van der Waals surface area contributed by atoms with Crippen LogP contribution in [0.4, 0.5) is 0 Å². The quantitative estimate of drug-likeness (QED) is 0.264. The summed E-state index contributed by atoms with van der Waals surface area (Å²) in [6.45, 7) is -0.0564. The van der Waals surface area contributed by atoms with E-state index in [1.54, 1.807) is 42.5 Å². The van der Waals surface area contributed by atoms with E-state index < -0.39 is 31.8 Å². The summed E-state index contributed by atoms with van der Waals surface area (Å²) in [5, 5.41) is 14.8. The Hall–Kier alpha value is -3.16. The summed E-state index contributed by atoms with van der Waals surface area (Å²) in [6.07, 6.45) is -0.489. The predicted octanol–water partition coefficient (Wildman–Crippen LogP) is 4.32. The number of aliphatic carboxylic acids is 1. The molecular formula is C25H26ClN2O6P. The number of carboxylic acid groups (broad SMARTS) is 1. The number of carbonyl (C=O) groups is 2. The normalized spacial score (nSPS) is 13.4. The zero-order valence-electron chi connectivity index (χ0n) is 18.8. The maximum atomic E-state index is 12.7. The van der Waals surface area contributed by atoms with E-state index >= 15 is 0 Å². The highest BCUT2D eigenvalue weighted by Crippen LogP contribution is 2.41. The molecule has 8 nitrogen and oxygen atoms in total. The Labute approximate surface area is 208 Å². The first-order valence-corrected chi connectivity index (χ1v) is 13.0. The number of nitrogens with one attached hydrogen (secondary N) is 2. The highest BCUT2D eigenvalue weighted by atomic mass is 35.5. The van der Waals surface area contributed by atoms with Crippen LogP contribution in [0.25, 0.3) is 11.1 Å². The van der Waals surface area contributed by atoms with Crippen LogP contribution in [0, 0.1) is 0 Å². The molecule has 4 N–H and O–H groups in total. The third-order valence-corrected chi connectivity index (χ3v) is 6.38. The van der Waals surface area contributed by atoms with Gasteiger partial charge in [0.1, 0.15) is 12.0 Å². The molecule has 2 atom stereocenters. The minimum absolute atomic E-state index is 0.0564. The molecule has 0 saturated carbocycles. The lowest BCUT2D eigenvalue weighted by atomic mass is 10.0. The maximum absolute atomic E-state index is 12.7. The second-order valence-corrected chi connectivity index (χ2v) is 10.0. The van der Waals surface area contributed by atoms with E-state index in [9.17, 15) is 19.0 Å². The molecule has 0 heterocycles. The third-order valence-electron chi connectivity index (χ3n) is 5.05. The molecule has 0 saturated heterocycles. The van der Waals surface area contributed by atoms with Crippen LogP contribution in [0.3, 0.4) is 0 Å². The summed E-state index contributed by atoms with van der Waals surface area (Å²) in [5.74, 6) is -1.28. The summed E-state index contributed by atoms with van der Waals surface area (Å²) >= 11 is 5.95. The first-order valence-electron chi connectivity index (χ1n) is 10.9. The Morgan fingerprint density at radius 3 is 2.14 bits per heavy atom. The average molecular weight is 517 g/mol. The minimum atomic E-state index is -4.10. The molecule has 1 amide bonds. The number of rotatable bonds is 12. The number of hydrogen-bond acceptors (Lipinski definition) is 5. The van der Waals surface area contributed by atoms with Crippen LogP contribution in [0.5, 0.6) is 5.75 Å². The monoisotopic (exact) mass is 516 g/mol. The smallest absolute Gasteiger partial charge is 0.390 e. The van der Waals surface area contributed by atoms with Crippen molar-refractivity contribution in [2.24, 2.45) is 0 Å². The van der Waals surface area contributed by atoms with Gasteiger partial charge in [0.05, 0.1) is 12.5 Å². The molecule has 3 aromatic carbocycles. The molecule has 0 aliphatic rings. The van der Waals surface area contributed by atoms with Crippen molar-refractivity contribution in [3.8, 4) is 16.9 Å². The Morgan fingerprint density at radius 2 is 1.54 bits per heavy atom. The van der Waals surface area contributed by atoms with E-state index in [1.807, 2.05) is 36.4 Å². The molecule has 0 spiro atoms. The standard InChI is InChI=1S/C25H26ClN2O6P/c26-21-12-10-20(11-13-21)19-8-6-18(7-9-19)16-23(25(31)27-15-14-24(29)30)28-17-35(32,33)34-22-4-2-1-3-5-22/h1-13,23,28H,14-17H2,(H,27,31)(H,29,30)(H,32,33)/t23-/m0/s1. The van der Waals surface area contributed by atoms with E-state index in [0.717, 1.165) is 16.7 Å². The van der Waals surface area contributed by atoms with Crippen molar-refractivity contribution in [3.05, 3.63) is 89.4 Å². The Balaban J connectivity index is 1.68. The number of carboxylic acids is 1. The number of para-hydroxylation sites is 1. The Bertz CT molecular complexity index is 1170. The lowest BCUT2D eigenvalue weighted by molar-refractivity contribution is -0.137. The van der Waals surface area contributed by atoms with Gasteiger partial charge >= 0.3 is 13.6 Å². The van der Waals surface area contributed by atoms with Gasteiger partial charge in [-0.05, 0) is 47.4 Å². The van der Waals surface area contributed by atoms with Gasteiger partial charge < -0.3 is 19.8 Å². The van der Waals surface area contributed by atoms with Gasteiger partial charge in [-0.15, -0.1) is 0 Å². The first-order chi connectivity index (χ1) is 16.7. The van der Waals surface area contributed by atoms with E-state index in [0.29, 0.717) is 5.02 Å². The summed E-state index contributed by atoms with van der Waals surface area (Å²) in [7, 11) is -4.10. The van der Waals surface area contributed by atoms with Gasteiger partial charge in [-0.1, -0.05) is 66.2 Å². The zero-order valence-corrected chi connectivity index (χ0v) is 20.4. The lowest BCUT2D eigenvalue weighted by Gasteiger charge is -2.21. The van der Waals surface area contributed by atoms with Crippen molar-refractivity contribution in [2.45, 2.75) is 18.9 Å². The maximum Gasteiger partial charge on any atom is 0.390 e. The van der Waals surface area contributed by atoms with Crippen molar-refractivity contribution in [1.82, 2.24) is 10.6 Å². The number of amides is 1. The molecule has 3 aromatic rings. The topological polar surface area (TPSA) is 125 Å². The highest BCUT2D eigenvalue weighted by Gasteiger charge is 2.26. The highest BCUT2D eigenvalue weighted by molar-refractivity contribution is 7.53. The fraction of sp³-hybridized carbons (Fsp3) is 0.200. The molecule has 3 rings (SSSR count). The van der Waals surface area contributed by atoms with Crippen LogP contribution < -0.4 is 15.2 Å². The second-order valence-electron chi connectivity index (χ2n) is 7.80. The molecule has 10 heteroatoms. The van der Waals surface area contributed by atoms with Crippen LogP contribution in [-0.4, -0.2) is 40.7 Å². The number of carbonyl (C=O) groups excluding carboxylic acids is 1. The predicted molar refractivity (Wildman–Crippen MR) is 135 cm³/mol. The molecule has 0 fully saturated rings. The fourth-order valence-electron chi connectivity index (χ4n) is 3.29. The molecule has 35 heavy (non-hydrogen) atoms. The molecule has 0 radical (unpaired) electrons. The lowest BCUT2D eigenvalue weighted by Crippen LogP contribution is -2.46. The summed E-state index contributed by atoms with van der Waals surface area (Å²) in [5.41, 5.74) is 2.77. The summed E-state index contributed by atoms with van der Waals surface area (Å²) < 4.78 is 17.7. The average Bonchev–Trinajstić information content (AvgIpc) is 2.83. The Morgan fingerprint density at radius 1 is 0.943 bits per heavy atom. The van der Waals surface area contributed by atoms with Gasteiger partial charge in [-0.3, -0.25) is 14.9 Å². The largest absolute Gasteiger partial charge is 0.481 e. The molecule has 1 unspecified atom stereocenters. The molecule has 0 aromatic heterocycles. The van der Waals surface area contributed by atoms with Crippen LogP contribution in [-0.2, 0) is 20.6 Å². The molecule has 0 aliphatic heterocycles. The van der Waals surface area contributed by atoms with E-state index in [-0.39, 0.29) is 25.1 Å². The SMILES string of the molecule is O=C(O)CCNC(=O)[C@H](Cc1ccc(-c2ccc(Cl)cc2)cc1)NCP(=O)(O)Oc1ccccc1. The minimum Gasteiger partial charge on any atom is -0.481 e. The fourth-order valence-corrected chi connectivity index (χ4v) is 4.38. The molecule has 184 valence electrons. The van der Waals surface area contributed by atoms with Crippen molar-refractivity contribution >= 4 is 31.1 Å². The Kier molecular flexibility index (Phi) is 9.46. The second kappa shape index (κ2) is 12.5. The number of benzene rings is 3. The van der Waals surface area contributed by atoms with Crippen LogP contribution in [0.1, 0.15) is 12.0 Å². The number of halogens is 1. The van der Waals surface area contributed by atoms with Crippen LogP contribution >= 0.6 is 19.2 Å². The van der Waals surface area contributed by atoms with Crippen molar-refractivity contribution in [2.75, 3.05) is 12.8 Å². The zero-order chi connectivity index (χ0) is 25.3. The van der Waals surface area contributed by atoms with Gasteiger partial charge in [0, 0.05) is 11.6 Å². The summed E-state index contributed by atoms with van der Waals surface area (Å²) in [4.78, 5) is 33.8. The van der Waals surface area contributed by atoms with E-state index in [2.05, 4.69) is 10.6 Å². The first kappa shape index (κ1) is 26.4. The molecular weight excluding hydrogens is 491 g/mol. The third kappa shape index (κ3) is 8.85. The van der Waals surface area contributed by atoms with Gasteiger partial charge in [-0.2, -0.15) is 0 Å². The van der Waals surface area contributed by atoms with Gasteiger partial charge in [0.2, 0.25) is 5.91 Å². The van der Waals surface area contributed by atoms with Gasteiger partial charge in [-0.25, -0.2) is 4.57 Å². The number of hydrogen-bond donors (Lipinski definition) is 4. The van der Waals surface area contributed by atoms with Gasteiger partial charge in [0.25, 0.3) is 0 Å². The van der Waals surface area contributed by atoms with Gasteiger partial charge in [0.15, 0.2) is 0 Å². The van der Waals surface area contributed by atoms with Crippen LogP contribution in [0.2, 0.25) is 5.02 Å². The molecule has 0 aliphatic carbocycles. The summed E-state index contributed by atoms with van der Waals surface area (Å²) in [6, 6.07) is 22.3. The van der Waals surface area contributed by atoms with Crippen molar-refractivity contribution < 1.29 is 28.7 Å². The van der Waals surface area contributed by atoms with Crippen molar-refractivity contribution in [3.63, 3.8) is 0 Å².